The van der Waals surface area contributed by atoms with Crippen LogP contribution < -0.4 is 10.1 Å². The van der Waals surface area contributed by atoms with Gasteiger partial charge in [-0.2, -0.15) is 0 Å². The smallest absolute Gasteiger partial charge is 0.247 e. The lowest BCUT2D eigenvalue weighted by atomic mass is 10.2. The monoisotopic (exact) mass is 263 g/mol. The normalized spacial score (nSPS) is 14.6. The van der Waals surface area contributed by atoms with Gasteiger partial charge >= 0.3 is 0 Å². The highest BCUT2D eigenvalue weighted by Gasteiger charge is 2.21. The van der Waals surface area contributed by atoms with Crippen LogP contribution in [0.2, 0.25) is 0 Å². The van der Waals surface area contributed by atoms with E-state index in [0.29, 0.717) is 29.9 Å². The van der Waals surface area contributed by atoms with Crippen LogP contribution in [0.5, 0.6) is 5.75 Å². The summed E-state index contributed by atoms with van der Waals surface area (Å²) in [6, 6.07) is 5.03. The third-order valence-corrected chi connectivity index (χ3v) is 2.98. The van der Waals surface area contributed by atoms with Gasteiger partial charge in [-0.3, -0.25) is 0 Å². The van der Waals surface area contributed by atoms with Crippen LogP contribution in [0.15, 0.2) is 22.6 Å². The van der Waals surface area contributed by atoms with Crippen molar-refractivity contribution in [2.45, 2.75) is 25.4 Å². The van der Waals surface area contributed by atoms with Gasteiger partial charge in [-0.05, 0) is 31.0 Å². The second kappa shape index (κ2) is 4.97. The van der Waals surface area contributed by atoms with Gasteiger partial charge in [0.25, 0.3) is 0 Å². The largest absolute Gasteiger partial charge is 0.494 e. The van der Waals surface area contributed by atoms with Crippen LogP contribution in [0, 0.1) is 5.82 Å². The molecule has 1 aliphatic carbocycles. The Morgan fingerprint density at radius 3 is 3.00 bits per heavy atom. The quantitative estimate of drug-likeness (QED) is 0.895. The predicted molar refractivity (Wildman–Crippen MR) is 66.1 cm³/mol. The Morgan fingerprint density at radius 2 is 2.26 bits per heavy atom. The number of hydrogen-bond acceptors (Lipinski definition) is 5. The minimum absolute atomic E-state index is 0.161. The van der Waals surface area contributed by atoms with E-state index in [4.69, 9.17) is 9.15 Å². The lowest BCUT2D eigenvalue weighted by Gasteiger charge is -2.02. The molecule has 0 saturated heterocycles. The summed E-state index contributed by atoms with van der Waals surface area (Å²) in [5.41, 5.74) is 0.642. The minimum atomic E-state index is -0.415. The van der Waals surface area contributed by atoms with Gasteiger partial charge in [-0.15, -0.1) is 10.2 Å². The fourth-order valence-electron chi connectivity index (χ4n) is 1.75. The molecule has 0 bridgehead atoms. The van der Waals surface area contributed by atoms with E-state index in [0.717, 1.165) is 0 Å². The Hall–Kier alpha value is -1.95. The van der Waals surface area contributed by atoms with Crippen molar-refractivity contribution in [3.05, 3.63) is 29.9 Å². The van der Waals surface area contributed by atoms with E-state index in [-0.39, 0.29) is 5.75 Å². The van der Waals surface area contributed by atoms with Gasteiger partial charge in [-0.25, -0.2) is 4.39 Å². The standard InChI is InChI=1S/C13H14FN3O2/c1-18-11-6-8(2-5-10(11)14)13-17-16-12(19-13)7-15-9-3-4-9/h2,5-6,9,15H,3-4,7H2,1H3. The van der Waals surface area contributed by atoms with E-state index in [9.17, 15) is 4.39 Å². The summed E-state index contributed by atoms with van der Waals surface area (Å²) in [6.07, 6.45) is 2.41. The van der Waals surface area contributed by atoms with Gasteiger partial charge in [0.2, 0.25) is 11.8 Å². The molecule has 0 atom stereocenters. The zero-order valence-corrected chi connectivity index (χ0v) is 10.5. The lowest BCUT2D eigenvalue weighted by Crippen LogP contribution is -2.15. The molecule has 0 amide bonds. The number of ether oxygens (including phenoxy) is 1. The minimum Gasteiger partial charge on any atom is -0.494 e. The summed E-state index contributed by atoms with van der Waals surface area (Å²) >= 11 is 0. The van der Waals surface area contributed by atoms with Crippen LogP contribution in [-0.4, -0.2) is 23.3 Å². The van der Waals surface area contributed by atoms with Crippen LogP contribution >= 0.6 is 0 Å². The highest BCUT2D eigenvalue weighted by Crippen LogP contribution is 2.25. The average molecular weight is 263 g/mol. The van der Waals surface area contributed by atoms with Gasteiger partial charge in [0.15, 0.2) is 11.6 Å². The van der Waals surface area contributed by atoms with E-state index in [1.165, 1.54) is 26.0 Å². The molecule has 0 spiro atoms. The molecule has 0 radical (unpaired) electrons. The number of rotatable bonds is 5. The van der Waals surface area contributed by atoms with Crippen LogP contribution in [0.1, 0.15) is 18.7 Å². The Labute approximate surface area is 109 Å². The van der Waals surface area contributed by atoms with Crippen molar-refractivity contribution in [1.82, 2.24) is 15.5 Å². The molecule has 1 aromatic carbocycles. The summed E-state index contributed by atoms with van der Waals surface area (Å²) in [4.78, 5) is 0. The fourth-order valence-corrected chi connectivity index (χ4v) is 1.75. The fraction of sp³-hybridized carbons (Fsp3) is 0.385. The van der Waals surface area contributed by atoms with Crippen LogP contribution in [0.25, 0.3) is 11.5 Å². The second-order valence-corrected chi connectivity index (χ2v) is 4.51. The van der Waals surface area contributed by atoms with Crippen molar-refractivity contribution >= 4 is 0 Å². The zero-order chi connectivity index (χ0) is 13.2. The van der Waals surface area contributed by atoms with Gasteiger partial charge in [0.1, 0.15) is 0 Å². The molecule has 1 heterocycles. The van der Waals surface area contributed by atoms with E-state index in [1.807, 2.05) is 0 Å². The van der Waals surface area contributed by atoms with Crippen molar-refractivity contribution in [3.8, 4) is 17.2 Å². The first kappa shape index (κ1) is 12.1. The maximum atomic E-state index is 13.3. The van der Waals surface area contributed by atoms with Crippen molar-refractivity contribution in [2.75, 3.05) is 7.11 Å². The van der Waals surface area contributed by atoms with Crippen molar-refractivity contribution in [3.63, 3.8) is 0 Å². The second-order valence-electron chi connectivity index (χ2n) is 4.51. The van der Waals surface area contributed by atoms with Gasteiger partial charge in [0.05, 0.1) is 13.7 Å². The molecule has 1 N–H and O–H groups in total. The first-order valence-corrected chi connectivity index (χ1v) is 6.16. The summed E-state index contributed by atoms with van der Waals surface area (Å²) in [5, 5.41) is 11.2. The molecule has 19 heavy (non-hydrogen) atoms. The summed E-state index contributed by atoms with van der Waals surface area (Å²) in [7, 11) is 1.42. The highest BCUT2D eigenvalue weighted by atomic mass is 19.1. The molecule has 3 rings (SSSR count). The zero-order valence-electron chi connectivity index (χ0n) is 10.5. The number of methoxy groups -OCH3 is 1. The van der Waals surface area contributed by atoms with E-state index in [2.05, 4.69) is 15.5 Å². The van der Waals surface area contributed by atoms with E-state index < -0.39 is 5.82 Å². The SMILES string of the molecule is COc1cc(-c2nnc(CNC3CC3)o2)ccc1F. The van der Waals surface area contributed by atoms with Gasteiger partial charge in [0, 0.05) is 11.6 Å². The molecule has 2 aromatic rings. The molecule has 1 aliphatic rings. The summed E-state index contributed by atoms with van der Waals surface area (Å²) < 4.78 is 23.8. The van der Waals surface area contributed by atoms with Gasteiger partial charge < -0.3 is 14.5 Å². The number of halogens is 1. The molecule has 5 nitrogen and oxygen atoms in total. The van der Waals surface area contributed by atoms with Crippen LogP contribution in [0.3, 0.4) is 0 Å². The molecular formula is C13H14FN3O2. The van der Waals surface area contributed by atoms with E-state index >= 15 is 0 Å². The molecular weight excluding hydrogens is 249 g/mol. The third-order valence-electron chi connectivity index (χ3n) is 2.98. The molecule has 100 valence electrons. The van der Waals surface area contributed by atoms with Gasteiger partial charge in [-0.1, -0.05) is 0 Å². The number of nitrogens with one attached hydrogen (secondary N) is 1. The first-order chi connectivity index (χ1) is 9.26. The Kier molecular flexibility index (Phi) is 3.16. The molecule has 1 saturated carbocycles. The van der Waals surface area contributed by atoms with Crippen molar-refractivity contribution in [1.29, 1.82) is 0 Å². The van der Waals surface area contributed by atoms with E-state index in [1.54, 1.807) is 12.1 Å². The number of benzene rings is 1. The van der Waals surface area contributed by atoms with Crippen molar-refractivity contribution in [2.24, 2.45) is 0 Å². The van der Waals surface area contributed by atoms with Crippen molar-refractivity contribution < 1.29 is 13.5 Å². The molecule has 1 fully saturated rings. The topological polar surface area (TPSA) is 60.2 Å². The average Bonchev–Trinajstić information content (AvgIpc) is 3.14. The Balaban J connectivity index is 1.77. The molecule has 0 unspecified atom stereocenters. The highest BCUT2D eigenvalue weighted by molar-refractivity contribution is 5.55. The lowest BCUT2D eigenvalue weighted by molar-refractivity contribution is 0.386. The predicted octanol–water partition coefficient (Wildman–Crippen LogP) is 2.14. The Bertz CT molecular complexity index is 581. The molecule has 6 heteroatoms. The number of hydrogen-bond donors (Lipinski definition) is 1. The Morgan fingerprint density at radius 1 is 1.42 bits per heavy atom. The molecule has 0 aliphatic heterocycles. The van der Waals surface area contributed by atoms with Crippen LogP contribution in [0.4, 0.5) is 4.39 Å². The van der Waals surface area contributed by atoms with Crippen LogP contribution in [-0.2, 0) is 6.54 Å². The maximum absolute atomic E-state index is 13.3. The summed E-state index contributed by atoms with van der Waals surface area (Å²) in [6.45, 7) is 0.565. The first-order valence-electron chi connectivity index (χ1n) is 6.16. The number of nitrogens with zero attached hydrogens (tertiary/aromatic N) is 2. The number of aromatic nitrogens is 2. The maximum Gasteiger partial charge on any atom is 0.247 e. The third kappa shape index (κ3) is 2.73. The molecule has 1 aromatic heterocycles. The summed E-state index contributed by atoms with van der Waals surface area (Å²) in [5.74, 6) is 0.644.